The molecule has 15 heteroatoms. The van der Waals surface area contributed by atoms with E-state index in [4.69, 9.17) is 0 Å². The standard InChI is InChI=1S/C14H10F9N5O/c15-12(16,17)5-24-9-26-10(28-11(27-9)29-6-13(18,19)20)25-8-3-1-2-7(4-8)14(21,22)23/h1-4H,5-6H2,(H2,24,25,26,27,28). The Kier molecular flexibility index (Phi) is 6.27. The SMILES string of the molecule is FC(F)(F)CNc1nc(Nc2cccc(C(F)(F)F)c2)nc(OCC(F)(F)F)n1. The van der Waals surface area contributed by atoms with Crippen molar-refractivity contribution < 1.29 is 44.3 Å². The summed E-state index contributed by atoms with van der Waals surface area (Å²) in [6, 6.07) is 2.58. The number of hydrogen-bond donors (Lipinski definition) is 2. The molecule has 0 aliphatic carbocycles. The van der Waals surface area contributed by atoms with Crippen LogP contribution in [0.2, 0.25) is 0 Å². The summed E-state index contributed by atoms with van der Waals surface area (Å²) in [5.74, 6) is -1.44. The average molecular weight is 435 g/mol. The van der Waals surface area contributed by atoms with E-state index in [2.05, 4.69) is 25.0 Å². The number of rotatable bonds is 6. The van der Waals surface area contributed by atoms with Crippen molar-refractivity contribution in [3.8, 4) is 6.01 Å². The van der Waals surface area contributed by atoms with Crippen LogP contribution in [-0.2, 0) is 6.18 Å². The lowest BCUT2D eigenvalue weighted by Crippen LogP contribution is -2.24. The maximum Gasteiger partial charge on any atom is 0.422 e. The van der Waals surface area contributed by atoms with Crippen LogP contribution in [-0.4, -0.2) is 40.5 Å². The Balaban J connectivity index is 2.29. The molecule has 0 fully saturated rings. The first-order chi connectivity index (χ1) is 13.2. The van der Waals surface area contributed by atoms with Gasteiger partial charge in [-0.2, -0.15) is 54.5 Å². The Morgan fingerprint density at radius 2 is 1.48 bits per heavy atom. The van der Waals surface area contributed by atoms with Gasteiger partial charge in [0.25, 0.3) is 0 Å². The first kappa shape index (κ1) is 22.3. The molecule has 160 valence electrons. The molecule has 0 unspecified atom stereocenters. The zero-order valence-corrected chi connectivity index (χ0v) is 13.9. The van der Waals surface area contributed by atoms with E-state index in [1.54, 1.807) is 5.32 Å². The third kappa shape index (κ3) is 7.87. The predicted octanol–water partition coefficient (Wildman–Crippen LogP) is 4.55. The normalized spacial score (nSPS) is 12.6. The lowest BCUT2D eigenvalue weighted by Gasteiger charge is -2.13. The largest absolute Gasteiger partial charge is 0.454 e. The second kappa shape index (κ2) is 8.16. The van der Waals surface area contributed by atoms with Crippen molar-refractivity contribution in [3.63, 3.8) is 0 Å². The second-order valence-corrected chi connectivity index (χ2v) is 5.34. The van der Waals surface area contributed by atoms with Gasteiger partial charge in [-0.05, 0) is 18.2 Å². The van der Waals surface area contributed by atoms with Gasteiger partial charge in [0.15, 0.2) is 6.61 Å². The highest BCUT2D eigenvalue weighted by Gasteiger charge is 2.31. The Hall–Kier alpha value is -3.00. The van der Waals surface area contributed by atoms with E-state index in [-0.39, 0.29) is 5.69 Å². The van der Waals surface area contributed by atoms with Crippen LogP contribution in [0.3, 0.4) is 0 Å². The molecule has 0 spiro atoms. The molecule has 2 N–H and O–H groups in total. The summed E-state index contributed by atoms with van der Waals surface area (Å²) in [7, 11) is 0. The number of hydrogen-bond acceptors (Lipinski definition) is 6. The summed E-state index contributed by atoms with van der Waals surface area (Å²) in [5, 5.41) is 3.96. The molecule has 0 saturated heterocycles. The molecule has 29 heavy (non-hydrogen) atoms. The van der Waals surface area contributed by atoms with Crippen molar-refractivity contribution in [2.75, 3.05) is 23.8 Å². The molecule has 0 amide bonds. The van der Waals surface area contributed by atoms with Crippen molar-refractivity contribution in [2.45, 2.75) is 18.5 Å². The van der Waals surface area contributed by atoms with Crippen LogP contribution in [0, 0.1) is 0 Å². The molecule has 1 aromatic heterocycles. The van der Waals surface area contributed by atoms with Crippen molar-refractivity contribution in [1.82, 2.24) is 15.0 Å². The number of benzene rings is 1. The predicted molar refractivity (Wildman–Crippen MR) is 80.6 cm³/mol. The summed E-state index contributed by atoms with van der Waals surface area (Å²) in [6.45, 7) is -3.47. The molecule has 0 atom stereocenters. The maximum absolute atomic E-state index is 12.7. The molecular formula is C14H10F9N5O. The third-order valence-electron chi connectivity index (χ3n) is 2.87. The fourth-order valence-electron chi connectivity index (χ4n) is 1.78. The van der Waals surface area contributed by atoms with E-state index in [1.165, 1.54) is 0 Å². The molecule has 0 radical (unpaired) electrons. The second-order valence-electron chi connectivity index (χ2n) is 5.34. The quantitative estimate of drug-likeness (QED) is 0.649. The highest BCUT2D eigenvalue weighted by molar-refractivity contribution is 5.55. The molecule has 2 aromatic rings. The summed E-state index contributed by atoms with van der Waals surface area (Å²) >= 11 is 0. The van der Waals surface area contributed by atoms with E-state index < -0.39 is 55.2 Å². The first-order valence-electron chi connectivity index (χ1n) is 7.42. The van der Waals surface area contributed by atoms with Crippen LogP contribution in [0.5, 0.6) is 6.01 Å². The van der Waals surface area contributed by atoms with Crippen molar-refractivity contribution >= 4 is 17.6 Å². The Morgan fingerprint density at radius 1 is 0.828 bits per heavy atom. The number of anilines is 3. The molecule has 0 aliphatic rings. The third-order valence-corrected chi connectivity index (χ3v) is 2.87. The average Bonchev–Trinajstić information content (AvgIpc) is 2.56. The topological polar surface area (TPSA) is 72.0 Å². The van der Waals surface area contributed by atoms with Gasteiger partial charge in [0.2, 0.25) is 11.9 Å². The van der Waals surface area contributed by atoms with Gasteiger partial charge < -0.3 is 15.4 Å². The first-order valence-corrected chi connectivity index (χ1v) is 7.42. The van der Waals surface area contributed by atoms with E-state index in [0.717, 1.165) is 18.2 Å². The van der Waals surface area contributed by atoms with Crippen molar-refractivity contribution in [2.24, 2.45) is 0 Å². The molecule has 0 saturated carbocycles. The lowest BCUT2D eigenvalue weighted by atomic mass is 10.2. The highest BCUT2D eigenvalue weighted by atomic mass is 19.4. The van der Waals surface area contributed by atoms with E-state index in [9.17, 15) is 39.5 Å². The highest BCUT2D eigenvalue weighted by Crippen LogP contribution is 2.31. The number of nitrogens with zero attached hydrogens (tertiary/aromatic N) is 3. The maximum atomic E-state index is 12.7. The van der Waals surface area contributed by atoms with Gasteiger partial charge in [0.1, 0.15) is 6.54 Å². The molecule has 0 aliphatic heterocycles. The zero-order chi connectivity index (χ0) is 21.9. The van der Waals surface area contributed by atoms with E-state index >= 15 is 0 Å². The lowest BCUT2D eigenvalue weighted by molar-refractivity contribution is -0.154. The molecule has 0 bridgehead atoms. The van der Waals surface area contributed by atoms with Gasteiger partial charge in [0, 0.05) is 5.69 Å². The fourth-order valence-corrected chi connectivity index (χ4v) is 1.78. The summed E-state index contributed by atoms with van der Waals surface area (Å²) in [5.41, 5.74) is -1.28. The minimum absolute atomic E-state index is 0.227. The monoisotopic (exact) mass is 435 g/mol. The number of nitrogens with one attached hydrogen (secondary N) is 2. The van der Waals surface area contributed by atoms with Crippen LogP contribution < -0.4 is 15.4 Å². The van der Waals surface area contributed by atoms with Gasteiger partial charge in [0.05, 0.1) is 5.56 Å². The number of halogens is 9. The van der Waals surface area contributed by atoms with Gasteiger partial charge in [-0.25, -0.2) is 0 Å². The molecule has 6 nitrogen and oxygen atoms in total. The Labute approximate surface area is 156 Å². The van der Waals surface area contributed by atoms with Gasteiger partial charge >= 0.3 is 24.5 Å². The molecule has 2 rings (SSSR count). The van der Waals surface area contributed by atoms with Crippen LogP contribution >= 0.6 is 0 Å². The smallest absolute Gasteiger partial charge is 0.422 e. The number of aromatic nitrogens is 3. The number of ether oxygens (including phenoxy) is 1. The number of alkyl halides is 9. The molecular weight excluding hydrogens is 425 g/mol. The fraction of sp³-hybridized carbons (Fsp3) is 0.357. The summed E-state index contributed by atoms with van der Waals surface area (Å²) < 4.78 is 116. The minimum Gasteiger partial charge on any atom is -0.454 e. The van der Waals surface area contributed by atoms with Crippen LogP contribution in [0.4, 0.5) is 57.1 Å². The summed E-state index contributed by atoms with van der Waals surface area (Å²) in [4.78, 5) is 10.2. The van der Waals surface area contributed by atoms with E-state index in [1.807, 2.05) is 0 Å². The van der Waals surface area contributed by atoms with Crippen molar-refractivity contribution in [3.05, 3.63) is 29.8 Å². The minimum atomic E-state index is -4.79. The van der Waals surface area contributed by atoms with Gasteiger partial charge in [-0.3, -0.25) is 0 Å². The zero-order valence-electron chi connectivity index (χ0n) is 13.9. The Morgan fingerprint density at radius 3 is 2.07 bits per heavy atom. The Bertz CT molecular complexity index is 799. The molecule has 1 heterocycles. The molecule has 1 aromatic carbocycles. The van der Waals surface area contributed by atoms with Crippen LogP contribution in [0.1, 0.15) is 5.56 Å². The van der Waals surface area contributed by atoms with Crippen molar-refractivity contribution in [1.29, 1.82) is 0 Å². The van der Waals surface area contributed by atoms with Gasteiger partial charge in [-0.1, -0.05) is 6.07 Å². The van der Waals surface area contributed by atoms with Crippen LogP contribution in [0.25, 0.3) is 0 Å². The van der Waals surface area contributed by atoms with Gasteiger partial charge in [-0.15, -0.1) is 0 Å². The summed E-state index contributed by atoms with van der Waals surface area (Å²) in [6.07, 6.45) is -14.2. The van der Waals surface area contributed by atoms with E-state index in [0.29, 0.717) is 6.07 Å². The van der Waals surface area contributed by atoms with Crippen LogP contribution in [0.15, 0.2) is 24.3 Å².